The van der Waals surface area contributed by atoms with E-state index in [9.17, 15) is 4.79 Å². The molecular formula is C13H14Cl2N4O. The predicted octanol–water partition coefficient (Wildman–Crippen LogP) is 2.65. The Morgan fingerprint density at radius 2 is 2.20 bits per heavy atom. The normalized spacial score (nSPS) is 10.6. The maximum atomic E-state index is 11.8. The minimum atomic E-state index is -0.300. The highest BCUT2D eigenvalue weighted by atomic mass is 35.5. The van der Waals surface area contributed by atoms with Gasteiger partial charge in [-0.2, -0.15) is 0 Å². The summed E-state index contributed by atoms with van der Waals surface area (Å²) in [5.41, 5.74) is 0.931. The maximum absolute atomic E-state index is 11.8. The standard InChI is InChI=1S/C13H14Cl2N4O/c1-2-11-17-12(19-18-11)13(20)16-6-5-8-3-4-9(14)7-10(8)15/h3-4,7H,2,5-6H2,1H3,(H,16,20)(H,17,18,19). The summed E-state index contributed by atoms with van der Waals surface area (Å²) in [5, 5.41) is 10.5. The van der Waals surface area contributed by atoms with Crippen molar-refractivity contribution in [3.63, 3.8) is 0 Å². The van der Waals surface area contributed by atoms with Crippen molar-refractivity contribution in [3.05, 3.63) is 45.5 Å². The quantitative estimate of drug-likeness (QED) is 0.891. The van der Waals surface area contributed by atoms with Crippen LogP contribution < -0.4 is 5.32 Å². The molecule has 1 amide bonds. The van der Waals surface area contributed by atoms with E-state index in [1.165, 1.54) is 0 Å². The van der Waals surface area contributed by atoms with Crippen LogP contribution >= 0.6 is 23.2 Å². The van der Waals surface area contributed by atoms with Crippen molar-refractivity contribution >= 4 is 29.1 Å². The molecule has 0 saturated heterocycles. The van der Waals surface area contributed by atoms with Crippen LogP contribution in [0.1, 0.15) is 28.9 Å². The minimum Gasteiger partial charge on any atom is -0.349 e. The van der Waals surface area contributed by atoms with Gasteiger partial charge in [-0.1, -0.05) is 36.2 Å². The van der Waals surface area contributed by atoms with Crippen LogP contribution in [0.15, 0.2) is 18.2 Å². The summed E-state index contributed by atoms with van der Waals surface area (Å²) in [5.74, 6) is 0.547. The second-order valence-electron chi connectivity index (χ2n) is 4.20. The van der Waals surface area contributed by atoms with Gasteiger partial charge in [0.1, 0.15) is 5.82 Å². The van der Waals surface area contributed by atoms with Crippen LogP contribution in [0, 0.1) is 0 Å². The number of benzene rings is 1. The Hall–Kier alpha value is -1.59. The Labute approximate surface area is 126 Å². The van der Waals surface area contributed by atoms with E-state index in [1.807, 2.05) is 13.0 Å². The fraction of sp³-hybridized carbons (Fsp3) is 0.308. The molecule has 0 bridgehead atoms. The third kappa shape index (κ3) is 3.71. The molecule has 2 N–H and O–H groups in total. The molecule has 0 saturated carbocycles. The smallest absolute Gasteiger partial charge is 0.290 e. The predicted molar refractivity (Wildman–Crippen MR) is 78.3 cm³/mol. The molecule has 106 valence electrons. The van der Waals surface area contributed by atoms with Crippen molar-refractivity contribution in [2.45, 2.75) is 19.8 Å². The Bertz CT molecular complexity index is 612. The number of aromatic nitrogens is 3. The number of halogens is 2. The van der Waals surface area contributed by atoms with Crippen LogP contribution in [-0.4, -0.2) is 27.6 Å². The molecule has 1 heterocycles. The third-order valence-corrected chi connectivity index (χ3v) is 3.35. The summed E-state index contributed by atoms with van der Waals surface area (Å²) in [7, 11) is 0. The molecule has 0 aliphatic heterocycles. The van der Waals surface area contributed by atoms with Crippen LogP contribution in [0.25, 0.3) is 0 Å². The van der Waals surface area contributed by atoms with Crippen LogP contribution in [-0.2, 0) is 12.8 Å². The number of rotatable bonds is 5. The molecule has 1 aromatic heterocycles. The second kappa shape index (κ2) is 6.72. The van der Waals surface area contributed by atoms with Crippen LogP contribution in [0.4, 0.5) is 0 Å². The van der Waals surface area contributed by atoms with Gasteiger partial charge in [-0.25, -0.2) is 4.98 Å². The largest absolute Gasteiger partial charge is 0.349 e. The van der Waals surface area contributed by atoms with Gasteiger partial charge >= 0.3 is 0 Å². The molecule has 2 rings (SSSR count). The zero-order valence-electron chi connectivity index (χ0n) is 10.9. The molecular weight excluding hydrogens is 299 g/mol. The molecule has 7 heteroatoms. The average molecular weight is 313 g/mol. The topological polar surface area (TPSA) is 70.7 Å². The summed E-state index contributed by atoms with van der Waals surface area (Å²) in [6, 6.07) is 5.30. The zero-order valence-corrected chi connectivity index (χ0v) is 12.4. The van der Waals surface area contributed by atoms with E-state index in [0.717, 1.165) is 5.56 Å². The van der Waals surface area contributed by atoms with Crippen LogP contribution in [0.2, 0.25) is 10.0 Å². The van der Waals surface area contributed by atoms with Crippen LogP contribution in [0.3, 0.4) is 0 Å². The number of H-pyrrole nitrogens is 1. The number of carbonyl (C=O) groups excluding carboxylic acids is 1. The molecule has 2 aromatic rings. The van der Waals surface area contributed by atoms with Gasteiger partial charge in [-0.3, -0.25) is 9.89 Å². The van der Waals surface area contributed by atoms with E-state index >= 15 is 0 Å². The van der Waals surface area contributed by atoms with Gasteiger partial charge in [0.25, 0.3) is 5.91 Å². The molecule has 0 atom stereocenters. The number of nitrogens with one attached hydrogen (secondary N) is 2. The van der Waals surface area contributed by atoms with Gasteiger partial charge in [-0.15, -0.1) is 5.10 Å². The lowest BCUT2D eigenvalue weighted by Gasteiger charge is -2.05. The van der Waals surface area contributed by atoms with Gasteiger partial charge in [0.2, 0.25) is 5.82 Å². The van der Waals surface area contributed by atoms with Crippen molar-refractivity contribution < 1.29 is 4.79 Å². The summed E-state index contributed by atoms with van der Waals surface area (Å²) >= 11 is 11.9. The van der Waals surface area contributed by atoms with Gasteiger partial charge in [-0.05, 0) is 24.1 Å². The van der Waals surface area contributed by atoms with E-state index in [-0.39, 0.29) is 11.7 Å². The Morgan fingerprint density at radius 3 is 2.85 bits per heavy atom. The second-order valence-corrected chi connectivity index (χ2v) is 5.04. The minimum absolute atomic E-state index is 0.157. The summed E-state index contributed by atoms with van der Waals surface area (Å²) in [4.78, 5) is 15.9. The number of aromatic amines is 1. The van der Waals surface area contributed by atoms with Crippen molar-refractivity contribution in [2.24, 2.45) is 0 Å². The molecule has 0 fully saturated rings. The monoisotopic (exact) mass is 312 g/mol. The average Bonchev–Trinajstić information content (AvgIpc) is 2.90. The molecule has 0 radical (unpaired) electrons. The van der Waals surface area contributed by atoms with Crippen LogP contribution in [0.5, 0.6) is 0 Å². The first-order valence-electron chi connectivity index (χ1n) is 6.23. The number of amides is 1. The molecule has 20 heavy (non-hydrogen) atoms. The lowest BCUT2D eigenvalue weighted by Crippen LogP contribution is -2.26. The van der Waals surface area contributed by atoms with E-state index in [0.29, 0.717) is 35.3 Å². The lowest BCUT2D eigenvalue weighted by atomic mass is 10.1. The lowest BCUT2D eigenvalue weighted by molar-refractivity contribution is 0.0944. The molecule has 0 spiro atoms. The van der Waals surface area contributed by atoms with Gasteiger partial charge in [0, 0.05) is 23.0 Å². The van der Waals surface area contributed by atoms with E-state index in [2.05, 4.69) is 20.5 Å². The first-order valence-corrected chi connectivity index (χ1v) is 6.99. The SMILES string of the molecule is CCc1nc(C(=O)NCCc2ccc(Cl)cc2Cl)n[nH]1. The van der Waals surface area contributed by atoms with Crippen molar-refractivity contribution in [1.29, 1.82) is 0 Å². The molecule has 1 aromatic carbocycles. The fourth-order valence-electron chi connectivity index (χ4n) is 1.67. The van der Waals surface area contributed by atoms with E-state index in [4.69, 9.17) is 23.2 Å². The van der Waals surface area contributed by atoms with E-state index in [1.54, 1.807) is 12.1 Å². The van der Waals surface area contributed by atoms with Gasteiger partial charge in [0.15, 0.2) is 0 Å². The highest BCUT2D eigenvalue weighted by molar-refractivity contribution is 6.35. The first kappa shape index (κ1) is 14.8. The zero-order chi connectivity index (χ0) is 14.5. The number of hydrogen-bond acceptors (Lipinski definition) is 3. The van der Waals surface area contributed by atoms with Gasteiger partial charge < -0.3 is 5.32 Å². The maximum Gasteiger partial charge on any atom is 0.290 e. The Balaban J connectivity index is 1.87. The summed E-state index contributed by atoms with van der Waals surface area (Å²) in [6.07, 6.45) is 1.33. The summed E-state index contributed by atoms with van der Waals surface area (Å²) < 4.78 is 0. The third-order valence-electron chi connectivity index (χ3n) is 2.76. The fourth-order valence-corrected chi connectivity index (χ4v) is 2.17. The molecule has 0 unspecified atom stereocenters. The number of aryl methyl sites for hydroxylation is 1. The van der Waals surface area contributed by atoms with Crippen molar-refractivity contribution in [3.8, 4) is 0 Å². The Kier molecular flexibility index (Phi) is 4.98. The summed E-state index contributed by atoms with van der Waals surface area (Å²) in [6.45, 7) is 2.39. The van der Waals surface area contributed by atoms with Gasteiger partial charge in [0.05, 0.1) is 0 Å². The Morgan fingerprint density at radius 1 is 1.40 bits per heavy atom. The van der Waals surface area contributed by atoms with Crippen molar-refractivity contribution in [1.82, 2.24) is 20.5 Å². The highest BCUT2D eigenvalue weighted by Gasteiger charge is 2.11. The molecule has 0 aliphatic rings. The molecule has 0 aliphatic carbocycles. The number of nitrogens with zero attached hydrogens (tertiary/aromatic N) is 2. The molecule has 5 nitrogen and oxygen atoms in total. The number of hydrogen-bond donors (Lipinski definition) is 2. The highest BCUT2D eigenvalue weighted by Crippen LogP contribution is 2.21. The van der Waals surface area contributed by atoms with E-state index < -0.39 is 0 Å². The first-order chi connectivity index (χ1) is 9.60. The van der Waals surface area contributed by atoms with Crippen molar-refractivity contribution in [2.75, 3.05) is 6.54 Å². The number of carbonyl (C=O) groups is 1.